The lowest BCUT2D eigenvalue weighted by Crippen LogP contribution is -2.09. The van der Waals surface area contributed by atoms with Crippen molar-refractivity contribution in [3.63, 3.8) is 0 Å². The Morgan fingerprint density at radius 1 is 1.31 bits per heavy atom. The fourth-order valence-electron chi connectivity index (χ4n) is 1.38. The number of carbonyl (C=O) groups excluding carboxylic acids is 1. The number of hydrogen-bond acceptors (Lipinski definition) is 3. The van der Waals surface area contributed by atoms with Gasteiger partial charge in [-0.15, -0.1) is 0 Å². The van der Waals surface area contributed by atoms with Crippen LogP contribution >= 0.6 is 0 Å². The number of benzene rings is 1. The molecule has 0 bridgehead atoms. The molecule has 0 aliphatic heterocycles. The van der Waals surface area contributed by atoms with Crippen LogP contribution in [0, 0.1) is 0 Å². The molecule has 1 aromatic heterocycles. The summed E-state index contributed by atoms with van der Waals surface area (Å²) in [6.45, 7) is 0.506. The molecule has 0 aliphatic carbocycles. The van der Waals surface area contributed by atoms with Gasteiger partial charge in [0.05, 0.1) is 17.4 Å². The summed E-state index contributed by atoms with van der Waals surface area (Å²) in [5, 5.41) is 4.05. The first-order valence-corrected chi connectivity index (χ1v) is 4.84. The summed E-state index contributed by atoms with van der Waals surface area (Å²) in [6.07, 6.45) is 3.04. The number of amides is 1. The van der Waals surface area contributed by atoms with E-state index in [1.807, 2.05) is 24.3 Å². The number of nitrogens with two attached hydrogens (primary N) is 2. The fourth-order valence-corrected chi connectivity index (χ4v) is 1.38. The zero-order valence-corrected chi connectivity index (χ0v) is 8.63. The van der Waals surface area contributed by atoms with Crippen LogP contribution in [0.3, 0.4) is 0 Å². The smallest absolute Gasteiger partial charge is 0.251 e. The van der Waals surface area contributed by atoms with Crippen LogP contribution in [0.15, 0.2) is 36.7 Å². The molecule has 0 saturated heterocycles. The third-order valence-corrected chi connectivity index (χ3v) is 2.30. The van der Waals surface area contributed by atoms with E-state index in [1.54, 1.807) is 10.9 Å². The third-order valence-electron chi connectivity index (χ3n) is 2.30. The van der Waals surface area contributed by atoms with Crippen molar-refractivity contribution in [1.82, 2.24) is 9.78 Å². The Bertz CT molecular complexity index is 501. The molecule has 2 rings (SSSR count). The molecule has 0 spiro atoms. The number of carbonyl (C=O) groups is 1. The lowest BCUT2D eigenvalue weighted by molar-refractivity contribution is 0.100. The molecule has 2 aromatic rings. The van der Waals surface area contributed by atoms with E-state index in [0.717, 1.165) is 11.3 Å². The molecule has 5 nitrogen and oxygen atoms in total. The van der Waals surface area contributed by atoms with Crippen LogP contribution in [0.2, 0.25) is 0 Å². The maximum atomic E-state index is 10.9. The molecule has 0 radical (unpaired) electrons. The van der Waals surface area contributed by atoms with E-state index in [-0.39, 0.29) is 0 Å². The second-order valence-corrected chi connectivity index (χ2v) is 3.41. The van der Waals surface area contributed by atoms with Gasteiger partial charge in [-0.25, -0.2) is 4.68 Å². The van der Waals surface area contributed by atoms with Gasteiger partial charge in [-0.1, -0.05) is 12.1 Å². The molecule has 1 amide bonds. The second-order valence-electron chi connectivity index (χ2n) is 3.41. The lowest BCUT2D eigenvalue weighted by atomic mass is 10.2. The minimum atomic E-state index is -0.482. The Kier molecular flexibility index (Phi) is 2.70. The average Bonchev–Trinajstić information content (AvgIpc) is 2.78. The first-order valence-electron chi connectivity index (χ1n) is 4.84. The highest BCUT2D eigenvalue weighted by Gasteiger charge is 2.04. The van der Waals surface area contributed by atoms with E-state index in [2.05, 4.69) is 5.10 Å². The van der Waals surface area contributed by atoms with Crippen molar-refractivity contribution < 1.29 is 4.79 Å². The van der Waals surface area contributed by atoms with E-state index < -0.39 is 5.91 Å². The Hall–Kier alpha value is -2.14. The first kappa shape index (κ1) is 10.4. The number of nitrogens with zero attached hydrogens (tertiary/aromatic N) is 2. The lowest BCUT2D eigenvalue weighted by Gasteiger charge is -2.01. The molecule has 0 saturated carbocycles. The zero-order chi connectivity index (χ0) is 11.5. The van der Waals surface area contributed by atoms with E-state index in [4.69, 9.17) is 11.5 Å². The maximum Gasteiger partial charge on any atom is 0.251 e. The number of rotatable bonds is 3. The minimum Gasteiger partial charge on any atom is -0.366 e. The first-order chi connectivity index (χ1) is 7.70. The standard InChI is InChI=1S/C11H12N4O/c12-5-8-1-3-10(4-2-8)15-7-9(6-14-15)11(13)16/h1-4,6-7H,5,12H2,(H2,13,16). The summed E-state index contributed by atoms with van der Waals surface area (Å²) in [4.78, 5) is 10.9. The van der Waals surface area contributed by atoms with Crippen LogP contribution in [0.5, 0.6) is 0 Å². The monoisotopic (exact) mass is 216 g/mol. The van der Waals surface area contributed by atoms with E-state index in [9.17, 15) is 4.79 Å². The van der Waals surface area contributed by atoms with Gasteiger partial charge < -0.3 is 11.5 Å². The van der Waals surface area contributed by atoms with Gasteiger partial charge in [0, 0.05) is 12.7 Å². The maximum absolute atomic E-state index is 10.9. The van der Waals surface area contributed by atoms with Gasteiger partial charge in [-0.2, -0.15) is 5.10 Å². The summed E-state index contributed by atoms with van der Waals surface area (Å²) in [7, 11) is 0. The van der Waals surface area contributed by atoms with Crippen molar-refractivity contribution in [2.75, 3.05) is 0 Å². The predicted octanol–water partition coefficient (Wildman–Crippen LogP) is 0.430. The number of hydrogen-bond donors (Lipinski definition) is 2. The largest absolute Gasteiger partial charge is 0.366 e. The van der Waals surface area contributed by atoms with Crippen molar-refractivity contribution in [2.24, 2.45) is 11.5 Å². The van der Waals surface area contributed by atoms with Crippen LogP contribution in [0.4, 0.5) is 0 Å². The molecule has 5 heteroatoms. The molecular formula is C11H12N4O. The molecular weight excluding hydrogens is 204 g/mol. The normalized spacial score (nSPS) is 10.3. The molecule has 0 unspecified atom stereocenters. The second kappa shape index (κ2) is 4.16. The highest BCUT2D eigenvalue weighted by molar-refractivity contribution is 5.92. The Balaban J connectivity index is 2.31. The SMILES string of the molecule is NCc1ccc(-n2cc(C(N)=O)cn2)cc1. The minimum absolute atomic E-state index is 0.392. The molecule has 0 atom stereocenters. The summed E-state index contributed by atoms with van der Waals surface area (Å²) in [5.41, 5.74) is 12.9. The van der Waals surface area contributed by atoms with E-state index >= 15 is 0 Å². The van der Waals surface area contributed by atoms with Crippen molar-refractivity contribution >= 4 is 5.91 Å². The van der Waals surface area contributed by atoms with Crippen LogP contribution in [0.1, 0.15) is 15.9 Å². The Morgan fingerprint density at radius 3 is 2.50 bits per heavy atom. The van der Waals surface area contributed by atoms with Gasteiger partial charge in [0.15, 0.2) is 0 Å². The topological polar surface area (TPSA) is 86.9 Å². The fraction of sp³-hybridized carbons (Fsp3) is 0.0909. The van der Waals surface area contributed by atoms with Gasteiger partial charge in [0.2, 0.25) is 0 Å². The van der Waals surface area contributed by atoms with E-state index in [0.29, 0.717) is 12.1 Å². The van der Waals surface area contributed by atoms with E-state index in [1.165, 1.54) is 6.20 Å². The number of aromatic nitrogens is 2. The third kappa shape index (κ3) is 1.94. The highest BCUT2D eigenvalue weighted by Crippen LogP contribution is 2.09. The van der Waals surface area contributed by atoms with Gasteiger partial charge in [-0.05, 0) is 17.7 Å². The molecule has 0 fully saturated rings. The van der Waals surface area contributed by atoms with Crippen molar-refractivity contribution in [2.45, 2.75) is 6.54 Å². The molecule has 4 N–H and O–H groups in total. The molecule has 16 heavy (non-hydrogen) atoms. The molecule has 1 aromatic carbocycles. The Morgan fingerprint density at radius 2 is 2.00 bits per heavy atom. The zero-order valence-electron chi connectivity index (χ0n) is 8.63. The summed E-state index contributed by atoms with van der Waals surface area (Å²) in [6, 6.07) is 7.61. The van der Waals surface area contributed by atoms with Crippen LogP contribution in [0.25, 0.3) is 5.69 Å². The summed E-state index contributed by atoms with van der Waals surface area (Å²) in [5.74, 6) is -0.482. The Labute approximate surface area is 92.7 Å². The van der Waals surface area contributed by atoms with Crippen molar-refractivity contribution in [3.05, 3.63) is 47.8 Å². The predicted molar refractivity (Wildman–Crippen MR) is 60.0 cm³/mol. The van der Waals surface area contributed by atoms with Crippen LogP contribution in [-0.4, -0.2) is 15.7 Å². The summed E-state index contributed by atoms with van der Waals surface area (Å²) < 4.78 is 1.60. The highest BCUT2D eigenvalue weighted by atomic mass is 16.1. The van der Waals surface area contributed by atoms with Gasteiger partial charge in [0.25, 0.3) is 5.91 Å². The van der Waals surface area contributed by atoms with Crippen molar-refractivity contribution in [3.8, 4) is 5.69 Å². The van der Waals surface area contributed by atoms with Crippen molar-refractivity contribution in [1.29, 1.82) is 0 Å². The van der Waals surface area contributed by atoms with Gasteiger partial charge in [-0.3, -0.25) is 4.79 Å². The van der Waals surface area contributed by atoms with Gasteiger partial charge >= 0.3 is 0 Å². The van der Waals surface area contributed by atoms with Gasteiger partial charge in [0.1, 0.15) is 0 Å². The average molecular weight is 216 g/mol. The number of primary amides is 1. The molecule has 1 heterocycles. The quantitative estimate of drug-likeness (QED) is 0.780. The van der Waals surface area contributed by atoms with Crippen LogP contribution in [-0.2, 0) is 6.54 Å². The summed E-state index contributed by atoms with van der Waals surface area (Å²) >= 11 is 0. The molecule has 0 aliphatic rings. The van der Waals surface area contributed by atoms with Crippen LogP contribution < -0.4 is 11.5 Å². The molecule has 82 valence electrons.